The molecule has 0 atom stereocenters. The van der Waals surface area contributed by atoms with E-state index >= 15 is 0 Å². The molecule has 1 aromatic rings. The van der Waals surface area contributed by atoms with Crippen molar-refractivity contribution in [1.82, 2.24) is 5.32 Å². The highest BCUT2D eigenvalue weighted by Crippen LogP contribution is 2.20. The van der Waals surface area contributed by atoms with Crippen LogP contribution < -0.4 is 10.6 Å². The van der Waals surface area contributed by atoms with E-state index in [1.807, 2.05) is 31.2 Å². The van der Waals surface area contributed by atoms with E-state index in [0.29, 0.717) is 0 Å². The lowest BCUT2D eigenvalue weighted by atomic mass is 9.95. The van der Waals surface area contributed by atoms with Gasteiger partial charge in [-0.25, -0.2) is 0 Å². The molecular weight excluding hydrogens is 342 g/mol. The number of rotatable bonds is 4. The molecule has 1 aliphatic rings. The van der Waals surface area contributed by atoms with Crippen molar-refractivity contribution in [2.24, 2.45) is 0 Å². The largest absolute Gasteiger partial charge is 0.360 e. The van der Waals surface area contributed by atoms with Crippen LogP contribution in [0.2, 0.25) is 0 Å². The second-order valence-electron chi connectivity index (χ2n) is 5.58. The molecule has 22 heavy (non-hydrogen) atoms. The standard InChI is InChI=1S/C17H20BrN3O/c1-12-9-14(18)7-8-16(12)20-11-13(10-19)17(22)21-15-5-3-2-4-6-15/h7-9,11,15,20H,2-6H2,1H3,(H,21,22)/b13-11-. The molecule has 0 heterocycles. The zero-order valence-electron chi connectivity index (χ0n) is 12.7. The topological polar surface area (TPSA) is 64.9 Å². The van der Waals surface area contributed by atoms with Gasteiger partial charge in [0.1, 0.15) is 11.6 Å². The minimum Gasteiger partial charge on any atom is -0.360 e. The second kappa shape index (κ2) is 8.00. The van der Waals surface area contributed by atoms with Gasteiger partial charge in [0, 0.05) is 22.4 Å². The lowest BCUT2D eigenvalue weighted by molar-refractivity contribution is -0.118. The van der Waals surface area contributed by atoms with E-state index in [1.165, 1.54) is 12.6 Å². The SMILES string of the molecule is Cc1cc(Br)ccc1N/C=C(/C#N)C(=O)NC1CCCCC1. The predicted molar refractivity (Wildman–Crippen MR) is 91.2 cm³/mol. The number of benzene rings is 1. The lowest BCUT2D eigenvalue weighted by Crippen LogP contribution is -2.37. The van der Waals surface area contributed by atoms with Gasteiger partial charge in [0.05, 0.1) is 0 Å². The van der Waals surface area contributed by atoms with Gasteiger partial charge in [-0.3, -0.25) is 4.79 Å². The molecule has 0 spiro atoms. The molecule has 116 valence electrons. The van der Waals surface area contributed by atoms with Crippen molar-refractivity contribution >= 4 is 27.5 Å². The maximum Gasteiger partial charge on any atom is 0.263 e. The van der Waals surface area contributed by atoms with Crippen LogP contribution in [0.15, 0.2) is 34.4 Å². The number of nitrogens with zero attached hydrogens (tertiary/aromatic N) is 1. The number of anilines is 1. The minimum atomic E-state index is -0.295. The number of hydrogen-bond donors (Lipinski definition) is 2. The first kappa shape index (κ1) is 16.6. The Labute approximate surface area is 139 Å². The molecule has 1 aliphatic carbocycles. The van der Waals surface area contributed by atoms with E-state index in [2.05, 4.69) is 26.6 Å². The Morgan fingerprint density at radius 1 is 1.36 bits per heavy atom. The Morgan fingerprint density at radius 3 is 2.73 bits per heavy atom. The monoisotopic (exact) mass is 361 g/mol. The van der Waals surface area contributed by atoms with E-state index in [1.54, 1.807) is 0 Å². The average Bonchev–Trinajstić information content (AvgIpc) is 2.50. The molecule has 0 unspecified atom stereocenters. The van der Waals surface area contributed by atoms with Crippen LogP contribution in [0, 0.1) is 18.3 Å². The van der Waals surface area contributed by atoms with E-state index in [4.69, 9.17) is 0 Å². The van der Waals surface area contributed by atoms with Gasteiger partial charge >= 0.3 is 0 Å². The lowest BCUT2D eigenvalue weighted by Gasteiger charge is -2.22. The number of aryl methyl sites for hydroxylation is 1. The summed E-state index contributed by atoms with van der Waals surface area (Å²) in [6, 6.07) is 7.97. The van der Waals surface area contributed by atoms with Crippen LogP contribution >= 0.6 is 15.9 Å². The maximum atomic E-state index is 12.2. The Hall–Kier alpha value is -1.80. The van der Waals surface area contributed by atoms with Crippen LogP contribution in [-0.2, 0) is 4.79 Å². The van der Waals surface area contributed by atoms with Gasteiger partial charge < -0.3 is 10.6 Å². The number of carbonyl (C=O) groups is 1. The van der Waals surface area contributed by atoms with Crippen molar-refractivity contribution in [1.29, 1.82) is 5.26 Å². The van der Waals surface area contributed by atoms with E-state index in [9.17, 15) is 10.1 Å². The fourth-order valence-corrected chi connectivity index (χ4v) is 3.07. The van der Waals surface area contributed by atoms with Crippen LogP contribution in [-0.4, -0.2) is 11.9 Å². The fraction of sp³-hybridized carbons (Fsp3) is 0.412. The van der Waals surface area contributed by atoms with E-state index in [0.717, 1.165) is 41.4 Å². The van der Waals surface area contributed by atoms with Crippen molar-refractivity contribution in [3.05, 3.63) is 40.0 Å². The Kier molecular flexibility index (Phi) is 6.02. The quantitative estimate of drug-likeness (QED) is 0.628. The highest BCUT2D eigenvalue weighted by atomic mass is 79.9. The molecule has 1 amide bonds. The molecule has 2 N–H and O–H groups in total. The van der Waals surface area contributed by atoms with E-state index < -0.39 is 0 Å². The molecule has 5 heteroatoms. The molecule has 1 aromatic carbocycles. The van der Waals surface area contributed by atoms with Crippen molar-refractivity contribution < 1.29 is 4.79 Å². The molecule has 4 nitrogen and oxygen atoms in total. The van der Waals surface area contributed by atoms with Gasteiger partial charge in [0.15, 0.2) is 0 Å². The summed E-state index contributed by atoms with van der Waals surface area (Å²) in [4.78, 5) is 12.2. The normalized spacial score (nSPS) is 16.0. The number of carbonyl (C=O) groups excluding carboxylic acids is 1. The highest BCUT2D eigenvalue weighted by molar-refractivity contribution is 9.10. The summed E-state index contributed by atoms with van der Waals surface area (Å²) < 4.78 is 0.995. The van der Waals surface area contributed by atoms with Gasteiger partial charge in [0.25, 0.3) is 5.91 Å². The molecule has 1 fully saturated rings. The number of hydrogen-bond acceptors (Lipinski definition) is 3. The summed E-state index contributed by atoms with van der Waals surface area (Å²) in [5.41, 5.74) is 2.02. The summed E-state index contributed by atoms with van der Waals surface area (Å²) in [6.45, 7) is 1.97. The molecule has 0 radical (unpaired) electrons. The molecular formula is C17H20BrN3O. The van der Waals surface area contributed by atoms with Crippen LogP contribution in [0.4, 0.5) is 5.69 Å². The van der Waals surface area contributed by atoms with Crippen LogP contribution in [0.5, 0.6) is 0 Å². The maximum absolute atomic E-state index is 12.2. The Bertz CT molecular complexity index is 613. The molecule has 0 aliphatic heterocycles. The first-order valence-corrected chi connectivity index (χ1v) is 8.33. The van der Waals surface area contributed by atoms with Gasteiger partial charge in [0.2, 0.25) is 0 Å². The summed E-state index contributed by atoms with van der Waals surface area (Å²) in [5, 5.41) is 15.2. The Morgan fingerprint density at radius 2 is 2.09 bits per heavy atom. The number of halogens is 1. The predicted octanol–water partition coefficient (Wildman–Crippen LogP) is 4.03. The van der Waals surface area contributed by atoms with Gasteiger partial charge in [-0.1, -0.05) is 35.2 Å². The summed E-state index contributed by atoms with van der Waals surface area (Å²) >= 11 is 3.41. The zero-order valence-corrected chi connectivity index (χ0v) is 14.2. The molecule has 2 rings (SSSR count). The average molecular weight is 362 g/mol. The van der Waals surface area contributed by atoms with Crippen molar-refractivity contribution in [3.63, 3.8) is 0 Å². The number of amides is 1. The second-order valence-corrected chi connectivity index (χ2v) is 6.50. The third-order valence-corrected chi connectivity index (χ3v) is 4.36. The first-order chi connectivity index (χ1) is 10.6. The fourth-order valence-electron chi connectivity index (χ4n) is 2.60. The number of nitriles is 1. The van der Waals surface area contributed by atoms with Crippen molar-refractivity contribution in [2.75, 3.05) is 5.32 Å². The highest BCUT2D eigenvalue weighted by Gasteiger charge is 2.18. The first-order valence-electron chi connectivity index (χ1n) is 7.54. The van der Waals surface area contributed by atoms with Gasteiger partial charge in [-0.2, -0.15) is 5.26 Å². The number of nitrogens with one attached hydrogen (secondary N) is 2. The molecule has 0 aromatic heterocycles. The minimum absolute atomic E-state index is 0.105. The van der Waals surface area contributed by atoms with Crippen LogP contribution in [0.1, 0.15) is 37.7 Å². The molecule has 0 bridgehead atoms. The van der Waals surface area contributed by atoms with Crippen LogP contribution in [0.25, 0.3) is 0 Å². The summed E-state index contributed by atoms with van der Waals surface area (Å²) in [7, 11) is 0. The van der Waals surface area contributed by atoms with Gasteiger partial charge in [-0.15, -0.1) is 0 Å². The molecule has 0 saturated heterocycles. The van der Waals surface area contributed by atoms with Crippen LogP contribution in [0.3, 0.4) is 0 Å². The summed E-state index contributed by atoms with van der Waals surface area (Å²) in [5.74, 6) is -0.295. The smallest absolute Gasteiger partial charge is 0.263 e. The van der Waals surface area contributed by atoms with Gasteiger partial charge in [-0.05, 0) is 43.5 Å². The van der Waals surface area contributed by atoms with E-state index in [-0.39, 0.29) is 17.5 Å². The summed E-state index contributed by atoms with van der Waals surface area (Å²) in [6.07, 6.45) is 7.01. The third-order valence-electron chi connectivity index (χ3n) is 3.87. The zero-order chi connectivity index (χ0) is 15.9. The van der Waals surface area contributed by atoms with Crippen molar-refractivity contribution in [2.45, 2.75) is 45.1 Å². The van der Waals surface area contributed by atoms with Crippen molar-refractivity contribution in [3.8, 4) is 6.07 Å². The Balaban J connectivity index is 2.00. The molecule has 1 saturated carbocycles. The third kappa shape index (κ3) is 4.60.